The Hall–Kier alpha value is -1.98. The van der Waals surface area contributed by atoms with Gasteiger partial charge in [-0.15, -0.1) is 10.2 Å². The van der Waals surface area contributed by atoms with E-state index in [9.17, 15) is 0 Å². The molecule has 0 unspecified atom stereocenters. The van der Waals surface area contributed by atoms with E-state index in [1.54, 1.807) is 18.9 Å². The number of benzene rings is 2. The molecule has 0 radical (unpaired) electrons. The zero-order valence-electron chi connectivity index (χ0n) is 16.0. The van der Waals surface area contributed by atoms with Crippen LogP contribution in [0, 0.1) is 5.92 Å². The number of hydrogen-bond donors (Lipinski definition) is 0. The Labute approximate surface area is 169 Å². The molecule has 3 aromatic rings. The molecule has 0 aliphatic heterocycles. The number of ether oxygens (including phenoxy) is 1. The average molecular weight is 402 g/mol. The minimum Gasteiger partial charge on any atom is -0.497 e. The van der Waals surface area contributed by atoms with Crippen LogP contribution in [0.25, 0.3) is 11.4 Å². The molecule has 0 saturated carbocycles. The summed E-state index contributed by atoms with van der Waals surface area (Å²) in [6.07, 6.45) is 0. The molecule has 0 amide bonds. The van der Waals surface area contributed by atoms with E-state index in [4.69, 9.17) is 16.3 Å². The van der Waals surface area contributed by atoms with Gasteiger partial charge in [-0.3, -0.25) is 0 Å². The minimum atomic E-state index is 0.178. The molecule has 1 aromatic heterocycles. The van der Waals surface area contributed by atoms with Gasteiger partial charge in [-0.2, -0.15) is 0 Å². The summed E-state index contributed by atoms with van der Waals surface area (Å²) in [5.74, 6) is 2.18. The Balaban J connectivity index is 1.93. The fourth-order valence-corrected chi connectivity index (χ4v) is 4.27. The van der Waals surface area contributed by atoms with Gasteiger partial charge >= 0.3 is 0 Å². The van der Waals surface area contributed by atoms with Gasteiger partial charge in [0, 0.05) is 22.4 Å². The predicted molar refractivity (Wildman–Crippen MR) is 113 cm³/mol. The number of thioether (sulfide) groups is 1. The third-order valence-electron chi connectivity index (χ3n) is 4.24. The van der Waals surface area contributed by atoms with E-state index in [2.05, 4.69) is 41.6 Å². The Morgan fingerprint density at radius 2 is 1.74 bits per heavy atom. The predicted octanol–water partition coefficient (Wildman–Crippen LogP) is 6.12. The molecule has 0 aliphatic carbocycles. The van der Waals surface area contributed by atoms with Crippen LogP contribution in [0.4, 0.5) is 0 Å². The molecular weight excluding hydrogens is 378 g/mol. The van der Waals surface area contributed by atoms with E-state index in [-0.39, 0.29) is 5.25 Å². The maximum absolute atomic E-state index is 6.37. The fraction of sp³-hybridized carbons (Fsp3) is 0.333. The molecule has 1 heterocycles. The molecule has 0 saturated heterocycles. The van der Waals surface area contributed by atoms with Crippen molar-refractivity contribution in [2.45, 2.75) is 37.7 Å². The molecule has 0 bridgehead atoms. The Morgan fingerprint density at radius 1 is 1.04 bits per heavy atom. The van der Waals surface area contributed by atoms with Crippen molar-refractivity contribution in [1.29, 1.82) is 0 Å². The van der Waals surface area contributed by atoms with Gasteiger partial charge in [0.15, 0.2) is 11.0 Å². The molecule has 27 heavy (non-hydrogen) atoms. The summed E-state index contributed by atoms with van der Waals surface area (Å²) in [5.41, 5.74) is 2.13. The topological polar surface area (TPSA) is 39.9 Å². The average Bonchev–Trinajstić information content (AvgIpc) is 3.03. The van der Waals surface area contributed by atoms with Crippen LogP contribution >= 0.6 is 23.4 Å². The molecule has 6 heteroatoms. The molecule has 0 fully saturated rings. The first kappa shape index (κ1) is 19.8. The van der Waals surface area contributed by atoms with Gasteiger partial charge in [-0.05, 0) is 48.7 Å². The fourth-order valence-electron chi connectivity index (χ4n) is 2.89. The first-order chi connectivity index (χ1) is 13.0. The highest BCUT2D eigenvalue weighted by atomic mass is 35.5. The maximum atomic E-state index is 6.37. The van der Waals surface area contributed by atoms with Crippen LogP contribution in [-0.4, -0.2) is 21.9 Å². The van der Waals surface area contributed by atoms with Crippen LogP contribution in [0.3, 0.4) is 0 Å². The Bertz CT molecular complexity index is 893. The monoisotopic (exact) mass is 401 g/mol. The second-order valence-electron chi connectivity index (χ2n) is 6.82. The van der Waals surface area contributed by atoms with Gasteiger partial charge in [0.25, 0.3) is 0 Å². The molecule has 2 aromatic carbocycles. The Morgan fingerprint density at radius 3 is 2.37 bits per heavy atom. The number of hydrogen-bond acceptors (Lipinski definition) is 4. The number of halogens is 1. The Kier molecular flexibility index (Phi) is 6.45. The quantitative estimate of drug-likeness (QED) is 0.447. The third kappa shape index (κ3) is 4.66. The van der Waals surface area contributed by atoms with Gasteiger partial charge in [-0.25, -0.2) is 0 Å². The third-order valence-corrected chi connectivity index (χ3v) is 5.70. The molecule has 142 valence electrons. The van der Waals surface area contributed by atoms with Crippen molar-refractivity contribution in [3.8, 4) is 17.1 Å². The lowest BCUT2D eigenvalue weighted by atomic mass is 10.2. The zero-order valence-corrected chi connectivity index (χ0v) is 17.6. The smallest absolute Gasteiger partial charge is 0.192 e. The van der Waals surface area contributed by atoms with Crippen molar-refractivity contribution in [3.63, 3.8) is 0 Å². The van der Waals surface area contributed by atoms with Gasteiger partial charge in [-0.1, -0.05) is 55.4 Å². The lowest BCUT2D eigenvalue weighted by Crippen LogP contribution is -2.08. The second kappa shape index (κ2) is 8.81. The van der Waals surface area contributed by atoms with Crippen molar-refractivity contribution in [2.75, 3.05) is 7.11 Å². The van der Waals surface area contributed by atoms with Crippen molar-refractivity contribution in [2.24, 2.45) is 5.92 Å². The molecule has 4 nitrogen and oxygen atoms in total. The summed E-state index contributed by atoms with van der Waals surface area (Å²) < 4.78 is 7.46. The normalized spacial score (nSPS) is 12.4. The number of methoxy groups -OCH3 is 1. The number of aromatic nitrogens is 3. The highest BCUT2D eigenvalue weighted by Crippen LogP contribution is 2.38. The summed E-state index contributed by atoms with van der Waals surface area (Å²) in [5, 5.41) is 10.8. The molecule has 1 atom stereocenters. The summed E-state index contributed by atoms with van der Waals surface area (Å²) in [6.45, 7) is 7.40. The number of rotatable bonds is 7. The van der Waals surface area contributed by atoms with E-state index in [0.29, 0.717) is 5.92 Å². The van der Waals surface area contributed by atoms with Crippen LogP contribution in [-0.2, 0) is 6.54 Å². The maximum Gasteiger partial charge on any atom is 0.192 e. The summed E-state index contributed by atoms with van der Waals surface area (Å²) in [4.78, 5) is 0. The van der Waals surface area contributed by atoms with Gasteiger partial charge < -0.3 is 9.30 Å². The molecule has 0 aliphatic rings. The van der Waals surface area contributed by atoms with Crippen molar-refractivity contribution >= 4 is 23.4 Å². The summed E-state index contributed by atoms with van der Waals surface area (Å²) in [6, 6.07) is 15.9. The van der Waals surface area contributed by atoms with E-state index < -0.39 is 0 Å². The summed E-state index contributed by atoms with van der Waals surface area (Å²) >= 11 is 8.05. The first-order valence-corrected chi connectivity index (χ1v) is 10.2. The van der Waals surface area contributed by atoms with E-state index in [0.717, 1.165) is 39.4 Å². The van der Waals surface area contributed by atoms with E-state index in [1.165, 1.54) is 0 Å². The minimum absolute atomic E-state index is 0.178. The standard InChI is InChI=1S/C21H24ClN3OS/c1-14(2)13-25-20(16-9-11-17(26-4)12-10-16)23-24-21(25)27-15(3)18-7-5-6-8-19(18)22/h5-12,14-15H,13H2,1-4H3/t15-/m1/s1. The lowest BCUT2D eigenvalue weighted by molar-refractivity contribution is 0.415. The zero-order chi connectivity index (χ0) is 19.4. The largest absolute Gasteiger partial charge is 0.497 e. The van der Waals surface area contributed by atoms with E-state index in [1.807, 2.05) is 42.5 Å². The van der Waals surface area contributed by atoms with Crippen molar-refractivity contribution in [3.05, 3.63) is 59.1 Å². The van der Waals surface area contributed by atoms with Crippen LogP contribution < -0.4 is 4.74 Å². The molecule has 3 rings (SSSR count). The molecule has 0 spiro atoms. The van der Waals surface area contributed by atoms with Gasteiger partial charge in [0.1, 0.15) is 5.75 Å². The van der Waals surface area contributed by atoms with Gasteiger partial charge in [0.05, 0.1) is 7.11 Å². The van der Waals surface area contributed by atoms with Gasteiger partial charge in [0.2, 0.25) is 0 Å². The second-order valence-corrected chi connectivity index (χ2v) is 8.54. The van der Waals surface area contributed by atoms with E-state index >= 15 is 0 Å². The van der Waals surface area contributed by atoms with Crippen molar-refractivity contribution < 1.29 is 4.74 Å². The molecular formula is C21H24ClN3OS. The SMILES string of the molecule is COc1ccc(-c2nnc(S[C@H](C)c3ccccc3Cl)n2CC(C)C)cc1. The highest BCUT2D eigenvalue weighted by Gasteiger charge is 2.19. The van der Waals surface area contributed by atoms with Crippen molar-refractivity contribution in [1.82, 2.24) is 14.8 Å². The van der Waals surface area contributed by atoms with Crippen LogP contribution in [0.15, 0.2) is 53.7 Å². The summed E-state index contributed by atoms with van der Waals surface area (Å²) in [7, 11) is 1.67. The van der Waals surface area contributed by atoms with Crippen LogP contribution in [0.2, 0.25) is 5.02 Å². The molecule has 0 N–H and O–H groups in total. The van der Waals surface area contributed by atoms with Crippen LogP contribution in [0.1, 0.15) is 31.6 Å². The first-order valence-electron chi connectivity index (χ1n) is 8.98. The number of nitrogens with zero attached hydrogens (tertiary/aromatic N) is 3. The highest BCUT2D eigenvalue weighted by molar-refractivity contribution is 7.99. The van der Waals surface area contributed by atoms with Crippen LogP contribution in [0.5, 0.6) is 5.75 Å². The lowest BCUT2D eigenvalue weighted by Gasteiger charge is -2.16.